The molecule has 0 aliphatic rings. The van der Waals surface area contributed by atoms with Gasteiger partial charge in [-0.2, -0.15) is 13.2 Å². The van der Waals surface area contributed by atoms with Gasteiger partial charge in [0.15, 0.2) is 0 Å². The normalized spacial score (nSPS) is 10.5. The number of aryl methyl sites for hydroxylation is 1. The fraction of sp³-hybridized carbons (Fsp3) is 0.182. The van der Waals surface area contributed by atoms with Crippen LogP contribution in [0.1, 0.15) is 21.7 Å². The fourth-order valence-corrected chi connectivity index (χ4v) is 2.60. The van der Waals surface area contributed by atoms with E-state index in [1.807, 2.05) is 42.7 Å². The third-order valence-corrected chi connectivity index (χ3v) is 4.51. The first-order valence-electron chi connectivity index (χ1n) is 9.73. The average Bonchev–Trinajstić information content (AvgIpc) is 3.12. The number of carbonyl (C=O) groups is 3. The first kappa shape index (κ1) is 25.9. The van der Waals surface area contributed by atoms with Crippen LogP contribution in [-0.4, -0.2) is 45.8 Å². The highest BCUT2D eigenvalue weighted by atomic mass is 19.4. The number of aromatic nitrogens is 2. The number of benzene rings is 2. The Balaban J connectivity index is 0.000000509. The molecule has 180 valence electrons. The third-order valence-electron chi connectivity index (χ3n) is 4.51. The largest absolute Gasteiger partial charge is 0.490 e. The predicted molar refractivity (Wildman–Crippen MR) is 119 cm³/mol. The zero-order valence-electron chi connectivity index (χ0n) is 18.4. The molecule has 4 N–H and O–H groups in total. The maximum Gasteiger partial charge on any atom is 0.490 e. The molecule has 2 aromatic carbocycles. The number of imidazole rings is 1. The van der Waals surface area contributed by atoms with Gasteiger partial charge in [-0.1, -0.05) is 6.07 Å². The van der Waals surface area contributed by atoms with Gasteiger partial charge in [0, 0.05) is 35.4 Å². The van der Waals surface area contributed by atoms with Gasteiger partial charge in [-0.15, -0.1) is 0 Å². The number of carboxylic acid groups (broad SMARTS) is 1. The summed E-state index contributed by atoms with van der Waals surface area (Å²) in [7, 11) is 1.53. The zero-order valence-corrected chi connectivity index (χ0v) is 18.4. The van der Waals surface area contributed by atoms with Crippen molar-refractivity contribution in [2.24, 2.45) is 0 Å². The lowest BCUT2D eigenvalue weighted by molar-refractivity contribution is -0.192. The number of aliphatic carboxylic acids is 1. The molecule has 0 bridgehead atoms. The van der Waals surface area contributed by atoms with E-state index in [1.54, 1.807) is 30.6 Å². The molecule has 34 heavy (non-hydrogen) atoms. The van der Waals surface area contributed by atoms with Crippen molar-refractivity contribution in [3.8, 4) is 5.69 Å². The van der Waals surface area contributed by atoms with E-state index >= 15 is 0 Å². The summed E-state index contributed by atoms with van der Waals surface area (Å²) < 4.78 is 33.7. The molecule has 12 heteroatoms. The quantitative estimate of drug-likeness (QED) is 0.450. The van der Waals surface area contributed by atoms with Gasteiger partial charge in [0.1, 0.15) is 0 Å². The van der Waals surface area contributed by atoms with Gasteiger partial charge in [0.05, 0.1) is 12.0 Å². The van der Waals surface area contributed by atoms with Crippen LogP contribution in [0.5, 0.6) is 0 Å². The molecule has 0 atom stereocenters. The molecule has 3 amide bonds. The number of halogens is 3. The third kappa shape index (κ3) is 7.08. The monoisotopic (exact) mass is 477 g/mol. The number of amides is 3. The van der Waals surface area contributed by atoms with Crippen molar-refractivity contribution in [2.45, 2.75) is 20.0 Å². The van der Waals surface area contributed by atoms with Crippen LogP contribution in [0.3, 0.4) is 0 Å². The summed E-state index contributed by atoms with van der Waals surface area (Å²) in [5, 5.41) is 15.1. The number of anilines is 2. The van der Waals surface area contributed by atoms with Gasteiger partial charge in [-0.25, -0.2) is 14.6 Å². The first-order chi connectivity index (χ1) is 15.9. The number of hydrogen-bond acceptors (Lipinski definition) is 4. The van der Waals surface area contributed by atoms with E-state index in [-0.39, 0.29) is 11.9 Å². The van der Waals surface area contributed by atoms with Crippen LogP contribution >= 0.6 is 0 Å². The maximum atomic E-state index is 12.5. The Labute approximate surface area is 192 Å². The number of nitrogens with zero attached hydrogens (tertiary/aromatic N) is 2. The van der Waals surface area contributed by atoms with Crippen LogP contribution in [0.25, 0.3) is 5.69 Å². The zero-order chi connectivity index (χ0) is 25.5. The minimum Gasteiger partial charge on any atom is -0.475 e. The van der Waals surface area contributed by atoms with Gasteiger partial charge >= 0.3 is 18.2 Å². The molecule has 3 rings (SSSR count). The van der Waals surface area contributed by atoms with Crippen molar-refractivity contribution in [2.75, 3.05) is 17.7 Å². The van der Waals surface area contributed by atoms with Gasteiger partial charge in [-0.05, 0) is 56.3 Å². The maximum absolute atomic E-state index is 12.5. The number of hydrogen-bond donors (Lipinski definition) is 4. The lowest BCUT2D eigenvalue weighted by atomic mass is 10.1. The second kappa shape index (κ2) is 11.0. The molecular formula is C22H22F3N5O4. The van der Waals surface area contributed by atoms with E-state index in [9.17, 15) is 22.8 Å². The van der Waals surface area contributed by atoms with Crippen LogP contribution in [0.15, 0.2) is 54.9 Å². The summed E-state index contributed by atoms with van der Waals surface area (Å²) in [6.07, 6.45) is -3.30. The average molecular weight is 477 g/mol. The van der Waals surface area contributed by atoms with E-state index in [2.05, 4.69) is 20.9 Å². The van der Waals surface area contributed by atoms with Crippen LogP contribution in [-0.2, 0) is 4.79 Å². The summed E-state index contributed by atoms with van der Waals surface area (Å²) in [5.41, 5.74) is 4.72. The van der Waals surface area contributed by atoms with Crippen LogP contribution in [0.4, 0.5) is 29.3 Å². The summed E-state index contributed by atoms with van der Waals surface area (Å²) in [6, 6.07) is 13.9. The van der Waals surface area contributed by atoms with Gasteiger partial charge < -0.3 is 25.6 Å². The summed E-state index contributed by atoms with van der Waals surface area (Å²) in [5.74, 6) is -3.01. The highest BCUT2D eigenvalue weighted by Crippen LogP contribution is 2.18. The summed E-state index contributed by atoms with van der Waals surface area (Å²) in [6.45, 7) is 3.98. The topological polar surface area (TPSA) is 125 Å². The molecule has 3 aromatic rings. The Bertz CT molecular complexity index is 1170. The van der Waals surface area contributed by atoms with E-state index in [0.717, 1.165) is 17.1 Å². The van der Waals surface area contributed by atoms with Crippen molar-refractivity contribution in [1.29, 1.82) is 0 Å². The molecule has 0 saturated carbocycles. The predicted octanol–water partition coefficient (Wildman–Crippen LogP) is 4.13. The van der Waals surface area contributed by atoms with E-state index in [1.165, 1.54) is 7.05 Å². The van der Waals surface area contributed by atoms with Crippen molar-refractivity contribution in [3.05, 3.63) is 71.8 Å². The van der Waals surface area contributed by atoms with Crippen LogP contribution in [0, 0.1) is 13.8 Å². The molecule has 0 aliphatic carbocycles. The molecule has 9 nitrogen and oxygen atoms in total. The number of carboxylic acids is 1. The Kier molecular flexibility index (Phi) is 8.37. The van der Waals surface area contributed by atoms with Crippen LogP contribution < -0.4 is 16.0 Å². The SMILES string of the molecule is CNC(=O)Nc1cccc(C(=O)Nc2ccc(-n3cnc(C)c3C)cc2)c1.O=C(O)C(F)(F)F. The number of rotatable bonds is 4. The summed E-state index contributed by atoms with van der Waals surface area (Å²) in [4.78, 5) is 37.1. The van der Waals surface area contributed by atoms with Gasteiger partial charge in [0.2, 0.25) is 0 Å². The Morgan fingerprint density at radius 3 is 2.09 bits per heavy atom. The standard InChI is InChI=1S/C20H21N5O2.C2HF3O2/c1-13-14(2)25(12-22-13)18-9-7-16(8-10-18)23-19(26)15-5-4-6-17(11-15)24-20(27)21-3;3-2(4,5)1(6)7/h4-12H,1-3H3,(H,23,26)(H2,21,24,27);(H,6,7). The van der Waals surface area contributed by atoms with E-state index in [0.29, 0.717) is 16.9 Å². The first-order valence-corrected chi connectivity index (χ1v) is 9.73. The number of carbonyl (C=O) groups excluding carboxylic acids is 2. The molecule has 0 unspecified atom stereocenters. The molecule has 0 saturated heterocycles. The minimum atomic E-state index is -5.08. The number of nitrogens with one attached hydrogen (secondary N) is 3. The Morgan fingerprint density at radius 1 is 0.971 bits per heavy atom. The van der Waals surface area contributed by atoms with Crippen molar-refractivity contribution < 1.29 is 32.7 Å². The lowest BCUT2D eigenvalue weighted by Gasteiger charge is -2.10. The molecular weight excluding hydrogens is 455 g/mol. The van der Waals surface area contributed by atoms with Crippen LogP contribution in [0.2, 0.25) is 0 Å². The van der Waals surface area contributed by atoms with Crippen molar-refractivity contribution in [1.82, 2.24) is 14.9 Å². The number of alkyl halides is 3. The summed E-state index contributed by atoms with van der Waals surface area (Å²) >= 11 is 0. The molecule has 0 fully saturated rings. The minimum absolute atomic E-state index is 0.252. The second-order valence-corrected chi connectivity index (χ2v) is 6.87. The molecule has 1 aromatic heterocycles. The molecule has 1 heterocycles. The fourth-order valence-electron chi connectivity index (χ4n) is 2.60. The molecule has 0 radical (unpaired) electrons. The van der Waals surface area contributed by atoms with Gasteiger partial charge in [-0.3, -0.25) is 4.79 Å². The lowest BCUT2D eigenvalue weighted by Crippen LogP contribution is -2.24. The van der Waals surface area contributed by atoms with Crippen molar-refractivity contribution >= 4 is 29.3 Å². The smallest absolute Gasteiger partial charge is 0.475 e. The second-order valence-electron chi connectivity index (χ2n) is 6.87. The van der Waals surface area contributed by atoms with E-state index < -0.39 is 12.1 Å². The van der Waals surface area contributed by atoms with Crippen molar-refractivity contribution in [3.63, 3.8) is 0 Å². The Hall–Kier alpha value is -4.35. The highest BCUT2D eigenvalue weighted by Gasteiger charge is 2.38. The highest BCUT2D eigenvalue weighted by molar-refractivity contribution is 6.05. The number of urea groups is 1. The Morgan fingerprint density at radius 2 is 1.59 bits per heavy atom. The molecule has 0 spiro atoms. The molecule has 0 aliphatic heterocycles. The van der Waals surface area contributed by atoms with E-state index in [4.69, 9.17) is 9.90 Å². The van der Waals surface area contributed by atoms with Gasteiger partial charge in [0.25, 0.3) is 5.91 Å².